The molecule has 0 bridgehead atoms. The predicted octanol–water partition coefficient (Wildman–Crippen LogP) is 15.0. The van der Waals surface area contributed by atoms with E-state index in [1.807, 2.05) is 0 Å². The van der Waals surface area contributed by atoms with E-state index in [0.29, 0.717) is 11.5 Å². The summed E-state index contributed by atoms with van der Waals surface area (Å²) in [7, 11) is 0. The molecule has 4 nitrogen and oxygen atoms in total. The molecule has 0 atom stereocenters. The first-order valence-corrected chi connectivity index (χ1v) is 23.0. The average molecular weight is 769 g/mol. The summed E-state index contributed by atoms with van der Waals surface area (Å²) in [6.07, 6.45) is 19.8. The van der Waals surface area contributed by atoms with Crippen LogP contribution in [0.4, 0.5) is 0 Å². The molecule has 0 spiro atoms. The summed E-state index contributed by atoms with van der Waals surface area (Å²) >= 11 is 0. The van der Waals surface area contributed by atoms with Crippen molar-refractivity contribution in [2.75, 3.05) is 26.2 Å². The lowest BCUT2D eigenvalue weighted by atomic mass is 9.81. The van der Waals surface area contributed by atoms with Gasteiger partial charge >= 0.3 is 0 Å². The SMILES string of the molecule is CCCCCCN(CCCCCC)Cc1cc(C(C)(C)C)cc(-c2ccccc2-c2cc(C(C)(C)C)cc(CN(CCCCCC)CCCCCC)c2O)c1O. The first-order valence-electron chi connectivity index (χ1n) is 23.0. The monoisotopic (exact) mass is 769 g/mol. The number of nitrogens with zero attached hydrogens (tertiary/aromatic N) is 2. The molecule has 0 aliphatic carbocycles. The molecule has 0 aliphatic heterocycles. The highest BCUT2D eigenvalue weighted by Crippen LogP contribution is 2.45. The lowest BCUT2D eigenvalue weighted by molar-refractivity contribution is 0.249. The molecule has 0 amide bonds. The molecule has 0 fully saturated rings. The fourth-order valence-corrected chi connectivity index (χ4v) is 7.93. The average Bonchev–Trinajstić information content (AvgIpc) is 3.15. The van der Waals surface area contributed by atoms with Crippen LogP contribution in [0.1, 0.15) is 194 Å². The van der Waals surface area contributed by atoms with E-state index < -0.39 is 0 Å². The first kappa shape index (κ1) is 47.6. The van der Waals surface area contributed by atoms with Crippen LogP contribution in [0.3, 0.4) is 0 Å². The van der Waals surface area contributed by atoms with E-state index in [0.717, 1.165) is 72.6 Å². The van der Waals surface area contributed by atoms with Gasteiger partial charge in [0.1, 0.15) is 11.5 Å². The molecule has 0 saturated heterocycles. The van der Waals surface area contributed by atoms with Crippen LogP contribution >= 0.6 is 0 Å². The summed E-state index contributed by atoms with van der Waals surface area (Å²) in [6, 6.07) is 17.4. The summed E-state index contributed by atoms with van der Waals surface area (Å²) in [5, 5.41) is 24.7. The highest BCUT2D eigenvalue weighted by Gasteiger charge is 2.25. The Morgan fingerprint density at radius 3 is 0.982 bits per heavy atom. The number of phenols is 2. The van der Waals surface area contributed by atoms with Crippen LogP contribution in [0.5, 0.6) is 11.5 Å². The van der Waals surface area contributed by atoms with E-state index in [4.69, 9.17) is 0 Å². The van der Waals surface area contributed by atoms with Gasteiger partial charge in [-0.3, -0.25) is 9.80 Å². The van der Waals surface area contributed by atoms with Crippen molar-refractivity contribution in [3.63, 3.8) is 0 Å². The van der Waals surface area contributed by atoms with Crippen LogP contribution in [0.2, 0.25) is 0 Å². The van der Waals surface area contributed by atoms with Crippen molar-refractivity contribution in [1.29, 1.82) is 0 Å². The van der Waals surface area contributed by atoms with Crippen molar-refractivity contribution in [2.45, 2.75) is 196 Å². The van der Waals surface area contributed by atoms with E-state index in [1.165, 1.54) is 114 Å². The summed E-state index contributed by atoms with van der Waals surface area (Å²) in [4.78, 5) is 5.17. The molecular weight excluding hydrogens is 685 g/mol. The van der Waals surface area contributed by atoms with Gasteiger partial charge in [-0.15, -0.1) is 0 Å². The second-order valence-electron chi connectivity index (χ2n) is 18.9. The Morgan fingerprint density at radius 2 is 0.714 bits per heavy atom. The lowest BCUT2D eigenvalue weighted by Gasteiger charge is -2.28. The van der Waals surface area contributed by atoms with E-state index in [9.17, 15) is 10.2 Å². The van der Waals surface area contributed by atoms with E-state index in [1.54, 1.807) is 0 Å². The Balaban J connectivity index is 2.16. The zero-order valence-corrected chi connectivity index (χ0v) is 38.0. The highest BCUT2D eigenvalue weighted by molar-refractivity contribution is 5.89. The second-order valence-corrected chi connectivity index (χ2v) is 18.9. The molecule has 2 N–H and O–H groups in total. The number of rotatable bonds is 26. The number of hydrogen-bond donors (Lipinski definition) is 2. The van der Waals surface area contributed by atoms with Crippen LogP contribution in [-0.4, -0.2) is 46.2 Å². The summed E-state index contributed by atoms with van der Waals surface area (Å²) < 4.78 is 0. The number of aromatic hydroxyl groups is 2. The number of benzene rings is 3. The van der Waals surface area contributed by atoms with E-state index >= 15 is 0 Å². The minimum atomic E-state index is -0.0988. The second kappa shape index (κ2) is 24.2. The van der Waals surface area contributed by atoms with Crippen LogP contribution in [-0.2, 0) is 23.9 Å². The van der Waals surface area contributed by atoms with Gasteiger partial charge in [-0.1, -0.05) is 183 Å². The molecule has 314 valence electrons. The van der Waals surface area contributed by atoms with Gasteiger partial charge in [0.25, 0.3) is 0 Å². The Morgan fingerprint density at radius 1 is 0.411 bits per heavy atom. The van der Waals surface area contributed by atoms with Crippen molar-refractivity contribution in [2.24, 2.45) is 0 Å². The number of hydrogen-bond acceptors (Lipinski definition) is 4. The number of unbranched alkanes of at least 4 members (excludes halogenated alkanes) is 12. The maximum absolute atomic E-state index is 12.3. The first-order chi connectivity index (χ1) is 26.7. The highest BCUT2D eigenvalue weighted by atomic mass is 16.3. The minimum Gasteiger partial charge on any atom is -0.507 e. The Kier molecular flexibility index (Phi) is 20.5. The molecule has 0 saturated carbocycles. The van der Waals surface area contributed by atoms with E-state index in [-0.39, 0.29) is 10.8 Å². The Hall–Kier alpha value is -2.82. The van der Waals surface area contributed by atoms with Crippen molar-refractivity contribution in [3.05, 3.63) is 70.8 Å². The topological polar surface area (TPSA) is 46.9 Å². The van der Waals surface area contributed by atoms with Gasteiger partial charge in [-0.25, -0.2) is 0 Å². The van der Waals surface area contributed by atoms with Crippen LogP contribution < -0.4 is 0 Å². The van der Waals surface area contributed by atoms with Crippen LogP contribution in [0.25, 0.3) is 22.3 Å². The predicted molar refractivity (Wildman–Crippen MR) is 245 cm³/mol. The van der Waals surface area contributed by atoms with Gasteiger partial charge in [0.2, 0.25) is 0 Å². The van der Waals surface area contributed by atoms with Crippen molar-refractivity contribution < 1.29 is 10.2 Å². The molecular formula is C52H84N2O2. The molecule has 0 aromatic heterocycles. The quantitative estimate of drug-likeness (QED) is 0.0799. The molecule has 0 aliphatic rings. The molecule has 56 heavy (non-hydrogen) atoms. The zero-order chi connectivity index (χ0) is 41.1. The maximum Gasteiger partial charge on any atom is 0.127 e. The molecule has 4 heteroatoms. The normalized spacial score (nSPS) is 12.4. The van der Waals surface area contributed by atoms with Gasteiger partial charge in [0, 0.05) is 35.3 Å². The Labute approximate surface area is 345 Å². The van der Waals surface area contributed by atoms with Gasteiger partial charge in [-0.2, -0.15) is 0 Å². The third-order valence-electron chi connectivity index (χ3n) is 11.7. The Bertz CT molecular complexity index is 1420. The van der Waals surface area contributed by atoms with Gasteiger partial charge in [0.05, 0.1) is 0 Å². The van der Waals surface area contributed by atoms with Gasteiger partial charge in [0.15, 0.2) is 0 Å². The standard InChI is InChI=1S/C52H84N2O2/c1-11-15-19-25-31-53(32-26-20-16-12-2)39-41-35-43(51(5,6)7)37-47(49(41)55)45-29-23-24-30-46(45)48-38-44(52(8,9)10)36-42(50(48)56)40-54(33-27-21-17-13-3)34-28-22-18-14-4/h23-24,29-30,35-38,55-56H,11-22,25-28,31-34,39-40H2,1-10H3. The van der Waals surface area contributed by atoms with Crippen molar-refractivity contribution in [3.8, 4) is 33.8 Å². The molecule has 3 aromatic carbocycles. The van der Waals surface area contributed by atoms with Crippen molar-refractivity contribution in [1.82, 2.24) is 9.80 Å². The maximum atomic E-state index is 12.3. The van der Waals surface area contributed by atoms with Gasteiger partial charge < -0.3 is 10.2 Å². The molecule has 3 rings (SSSR count). The zero-order valence-electron chi connectivity index (χ0n) is 38.0. The van der Waals surface area contributed by atoms with Crippen molar-refractivity contribution >= 4 is 0 Å². The fraction of sp³-hybridized carbons (Fsp3) is 0.654. The van der Waals surface area contributed by atoms with Crippen LogP contribution in [0.15, 0.2) is 48.5 Å². The van der Waals surface area contributed by atoms with Crippen LogP contribution in [0, 0.1) is 0 Å². The van der Waals surface area contributed by atoms with Gasteiger partial charge in [-0.05, 0) is 97.1 Å². The third-order valence-corrected chi connectivity index (χ3v) is 11.7. The molecule has 0 radical (unpaired) electrons. The summed E-state index contributed by atoms with van der Waals surface area (Å²) in [6.45, 7) is 28.4. The summed E-state index contributed by atoms with van der Waals surface area (Å²) in [5.74, 6) is 0.740. The summed E-state index contributed by atoms with van der Waals surface area (Å²) in [5.41, 5.74) is 7.91. The minimum absolute atomic E-state index is 0.0988. The molecule has 0 heterocycles. The molecule has 0 unspecified atom stereocenters. The largest absolute Gasteiger partial charge is 0.507 e. The fourth-order valence-electron chi connectivity index (χ4n) is 7.93. The lowest BCUT2D eigenvalue weighted by Crippen LogP contribution is -2.26. The number of phenolic OH excluding ortho intramolecular Hbond substituents is 2. The van der Waals surface area contributed by atoms with E-state index in [2.05, 4.69) is 128 Å². The molecule has 3 aromatic rings. The smallest absolute Gasteiger partial charge is 0.127 e. The third kappa shape index (κ3) is 15.2.